The first-order valence-corrected chi connectivity index (χ1v) is 14.6. The van der Waals surface area contributed by atoms with Gasteiger partial charge >= 0.3 is 11.9 Å². The minimum Gasteiger partial charge on any atom is -0.462 e. The average molecular weight is 517 g/mol. The molecule has 0 saturated heterocycles. The first-order chi connectivity index (χ1) is 18.6. The van der Waals surface area contributed by atoms with Gasteiger partial charge in [0.2, 0.25) is 0 Å². The topological polar surface area (TPSA) is 52.6 Å². The Labute approximate surface area is 228 Å². The highest BCUT2D eigenvalue weighted by Gasteiger charge is 2.21. The monoisotopic (exact) mass is 516 g/mol. The summed E-state index contributed by atoms with van der Waals surface area (Å²) in [7, 11) is 0. The Balaban J connectivity index is 1.71. The first-order valence-electron chi connectivity index (χ1n) is 14.6. The van der Waals surface area contributed by atoms with Crippen LogP contribution in [0.25, 0.3) is 10.8 Å². The maximum absolute atomic E-state index is 13.4. The van der Waals surface area contributed by atoms with Crippen molar-refractivity contribution in [3.05, 3.63) is 77.4 Å². The van der Waals surface area contributed by atoms with Crippen molar-refractivity contribution in [3.8, 4) is 5.75 Å². The largest absolute Gasteiger partial charge is 0.462 e. The van der Waals surface area contributed by atoms with Crippen LogP contribution in [0.4, 0.5) is 0 Å². The lowest BCUT2D eigenvalue weighted by atomic mass is 9.99. The molecule has 0 N–H and O–H groups in total. The minimum atomic E-state index is -0.530. The molecule has 0 atom stereocenters. The van der Waals surface area contributed by atoms with Gasteiger partial charge in [-0.1, -0.05) is 121 Å². The summed E-state index contributed by atoms with van der Waals surface area (Å²) in [5.74, 6) is -0.506. The third kappa shape index (κ3) is 9.31. The zero-order valence-corrected chi connectivity index (χ0v) is 23.3. The molecule has 3 aromatic rings. The molecule has 3 aromatic carbocycles. The van der Waals surface area contributed by atoms with Crippen LogP contribution in [0.1, 0.15) is 117 Å². The molecule has 0 heterocycles. The number of aryl methyl sites for hydroxylation is 1. The van der Waals surface area contributed by atoms with Gasteiger partial charge in [-0.05, 0) is 48.4 Å². The van der Waals surface area contributed by atoms with Crippen LogP contribution in [0.3, 0.4) is 0 Å². The number of ether oxygens (including phenoxy) is 2. The molecular formula is C34H44O4. The van der Waals surface area contributed by atoms with Gasteiger partial charge in [-0.15, -0.1) is 0 Å². The van der Waals surface area contributed by atoms with Gasteiger partial charge in [0.15, 0.2) is 0 Å². The average Bonchev–Trinajstić information content (AvgIpc) is 2.94. The van der Waals surface area contributed by atoms with E-state index in [4.69, 9.17) is 9.47 Å². The Morgan fingerprint density at radius 3 is 2.05 bits per heavy atom. The highest BCUT2D eigenvalue weighted by molar-refractivity contribution is 6.04. The van der Waals surface area contributed by atoms with E-state index in [2.05, 4.69) is 13.8 Å². The highest BCUT2D eigenvalue weighted by atomic mass is 16.5. The summed E-state index contributed by atoms with van der Waals surface area (Å²) in [5.41, 5.74) is 1.58. The molecule has 0 fully saturated rings. The van der Waals surface area contributed by atoms with E-state index in [9.17, 15) is 9.59 Å². The number of carbonyl (C=O) groups is 2. The van der Waals surface area contributed by atoms with Gasteiger partial charge in [0.1, 0.15) is 5.75 Å². The van der Waals surface area contributed by atoms with E-state index < -0.39 is 11.9 Å². The predicted molar refractivity (Wildman–Crippen MR) is 156 cm³/mol. The van der Waals surface area contributed by atoms with Gasteiger partial charge in [0.25, 0.3) is 0 Å². The van der Waals surface area contributed by atoms with Crippen LogP contribution < -0.4 is 4.74 Å². The molecule has 0 aliphatic carbocycles. The molecule has 0 bridgehead atoms. The molecule has 4 nitrogen and oxygen atoms in total. The van der Waals surface area contributed by atoms with Gasteiger partial charge in [-0.3, -0.25) is 0 Å². The van der Waals surface area contributed by atoms with E-state index in [1.807, 2.05) is 48.5 Å². The van der Waals surface area contributed by atoms with Crippen LogP contribution in [0.2, 0.25) is 0 Å². The van der Waals surface area contributed by atoms with Gasteiger partial charge in [0.05, 0.1) is 17.7 Å². The Hall–Kier alpha value is -3.14. The molecule has 204 valence electrons. The Bertz CT molecular complexity index is 1140. The SMILES string of the molecule is CCCCCCCCOC(=O)c1ccc(CCCCCCCC)cc1C(=O)Oc1cccc2ccccc12. The smallest absolute Gasteiger partial charge is 0.344 e. The summed E-state index contributed by atoms with van der Waals surface area (Å²) in [6.45, 7) is 4.78. The minimum absolute atomic E-state index is 0.271. The number of carbonyl (C=O) groups excluding carboxylic acids is 2. The Morgan fingerprint density at radius 2 is 1.29 bits per heavy atom. The molecule has 0 aliphatic rings. The predicted octanol–water partition coefficient (Wildman–Crippen LogP) is 9.48. The second kappa shape index (κ2) is 16.7. The third-order valence-electron chi connectivity index (χ3n) is 7.03. The van der Waals surface area contributed by atoms with E-state index in [1.165, 1.54) is 44.9 Å². The summed E-state index contributed by atoms with van der Waals surface area (Å²) < 4.78 is 11.4. The first kappa shape index (κ1) is 29.4. The van der Waals surface area contributed by atoms with Crippen molar-refractivity contribution in [2.75, 3.05) is 6.61 Å². The maximum Gasteiger partial charge on any atom is 0.344 e. The fourth-order valence-corrected chi connectivity index (χ4v) is 4.77. The molecule has 4 heteroatoms. The summed E-state index contributed by atoms with van der Waals surface area (Å²) in [5, 5.41) is 1.85. The molecule has 3 rings (SSSR count). The lowest BCUT2D eigenvalue weighted by Crippen LogP contribution is -2.17. The Morgan fingerprint density at radius 1 is 0.632 bits per heavy atom. The van der Waals surface area contributed by atoms with Crippen molar-refractivity contribution in [1.29, 1.82) is 0 Å². The normalized spacial score (nSPS) is 11.0. The van der Waals surface area contributed by atoms with Crippen LogP contribution >= 0.6 is 0 Å². The lowest BCUT2D eigenvalue weighted by Gasteiger charge is -2.13. The molecule has 38 heavy (non-hydrogen) atoms. The van der Waals surface area contributed by atoms with Crippen LogP contribution in [0, 0.1) is 0 Å². The fraction of sp³-hybridized carbons (Fsp3) is 0.471. The maximum atomic E-state index is 13.4. The molecule has 0 aromatic heterocycles. The van der Waals surface area contributed by atoms with Gasteiger partial charge in [0, 0.05) is 5.39 Å². The number of fused-ring (bicyclic) bond motifs is 1. The number of benzene rings is 3. The highest BCUT2D eigenvalue weighted by Crippen LogP contribution is 2.27. The number of esters is 2. The van der Waals surface area contributed by atoms with Crippen LogP contribution in [-0.4, -0.2) is 18.5 Å². The molecule has 0 radical (unpaired) electrons. The van der Waals surface area contributed by atoms with Crippen molar-refractivity contribution >= 4 is 22.7 Å². The van der Waals surface area contributed by atoms with Crippen LogP contribution in [0.15, 0.2) is 60.7 Å². The fourth-order valence-electron chi connectivity index (χ4n) is 4.77. The van der Waals surface area contributed by atoms with Gasteiger partial charge in [-0.2, -0.15) is 0 Å². The number of rotatable bonds is 17. The number of unbranched alkanes of at least 4 members (excludes halogenated alkanes) is 10. The van der Waals surface area contributed by atoms with Gasteiger partial charge in [-0.25, -0.2) is 9.59 Å². The number of hydrogen-bond acceptors (Lipinski definition) is 4. The molecule has 0 amide bonds. The molecule has 0 unspecified atom stereocenters. The standard InChI is InChI=1S/C34H44O4/c1-3-5-7-9-11-13-18-27-23-24-30(33(35)37-25-16-12-10-8-6-4-2)31(26-27)34(36)38-32-22-17-20-28-19-14-15-21-29(28)32/h14-15,17,19-24,26H,3-13,16,18,25H2,1-2H3. The summed E-state index contributed by atoms with van der Waals surface area (Å²) in [6.07, 6.45) is 14.8. The zero-order valence-electron chi connectivity index (χ0n) is 23.3. The van der Waals surface area contributed by atoms with Crippen molar-refractivity contribution < 1.29 is 19.1 Å². The molecule has 0 saturated carbocycles. The second-order valence-electron chi connectivity index (χ2n) is 10.2. The van der Waals surface area contributed by atoms with E-state index in [0.717, 1.165) is 54.9 Å². The van der Waals surface area contributed by atoms with Gasteiger partial charge < -0.3 is 9.47 Å². The van der Waals surface area contributed by atoms with E-state index in [0.29, 0.717) is 12.4 Å². The summed E-state index contributed by atoms with van der Waals surface area (Å²) >= 11 is 0. The van der Waals surface area contributed by atoms with E-state index in [1.54, 1.807) is 12.1 Å². The Kier molecular flexibility index (Phi) is 12.9. The lowest BCUT2D eigenvalue weighted by molar-refractivity contribution is 0.0489. The van der Waals surface area contributed by atoms with Crippen LogP contribution in [0.5, 0.6) is 5.75 Å². The van der Waals surface area contributed by atoms with E-state index >= 15 is 0 Å². The van der Waals surface area contributed by atoms with Crippen molar-refractivity contribution in [2.45, 2.75) is 97.3 Å². The quantitative estimate of drug-likeness (QED) is 0.102. The summed E-state index contributed by atoms with van der Waals surface area (Å²) in [6, 6.07) is 18.9. The molecule has 0 aliphatic heterocycles. The molecular weight excluding hydrogens is 472 g/mol. The van der Waals surface area contributed by atoms with Crippen molar-refractivity contribution in [2.24, 2.45) is 0 Å². The third-order valence-corrected chi connectivity index (χ3v) is 7.03. The zero-order chi connectivity index (χ0) is 27.0. The van der Waals surface area contributed by atoms with E-state index in [-0.39, 0.29) is 11.1 Å². The second-order valence-corrected chi connectivity index (χ2v) is 10.2. The summed E-state index contributed by atoms with van der Waals surface area (Å²) in [4.78, 5) is 26.4. The van der Waals surface area contributed by atoms with Crippen molar-refractivity contribution in [3.63, 3.8) is 0 Å². The van der Waals surface area contributed by atoms with Crippen molar-refractivity contribution in [1.82, 2.24) is 0 Å². The number of hydrogen-bond donors (Lipinski definition) is 0. The molecule has 0 spiro atoms. The van der Waals surface area contributed by atoms with Crippen LogP contribution in [-0.2, 0) is 11.2 Å².